The third kappa shape index (κ3) is 3.82. The molecule has 1 fully saturated rings. The van der Waals surface area contributed by atoms with Crippen molar-refractivity contribution >= 4 is 34.6 Å². The second-order valence-electron chi connectivity index (χ2n) is 6.96. The highest BCUT2D eigenvalue weighted by molar-refractivity contribution is 6.06. The molecule has 8 nitrogen and oxygen atoms in total. The van der Waals surface area contributed by atoms with Gasteiger partial charge in [0.15, 0.2) is 5.69 Å². The first-order chi connectivity index (χ1) is 14.0. The van der Waals surface area contributed by atoms with Gasteiger partial charge in [0, 0.05) is 37.6 Å². The van der Waals surface area contributed by atoms with Crippen molar-refractivity contribution in [3.05, 3.63) is 60.2 Å². The zero-order valence-corrected chi connectivity index (χ0v) is 16.0. The van der Waals surface area contributed by atoms with E-state index in [1.165, 1.54) is 6.92 Å². The van der Waals surface area contributed by atoms with Gasteiger partial charge in [-0.15, -0.1) is 0 Å². The van der Waals surface area contributed by atoms with E-state index in [9.17, 15) is 14.4 Å². The lowest BCUT2D eigenvalue weighted by atomic mass is 10.2. The average molecular weight is 391 g/mol. The molecule has 0 unspecified atom stereocenters. The van der Waals surface area contributed by atoms with Gasteiger partial charge in [-0.05, 0) is 43.2 Å². The molecule has 1 aliphatic rings. The number of hydrogen-bond acceptors (Lipinski definition) is 4. The van der Waals surface area contributed by atoms with Gasteiger partial charge in [-0.3, -0.25) is 18.8 Å². The number of fused-ring (bicyclic) bond motifs is 1. The number of likely N-dealkylation sites (tertiary alicyclic amines) is 1. The van der Waals surface area contributed by atoms with Gasteiger partial charge in [-0.1, -0.05) is 12.1 Å². The van der Waals surface area contributed by atoms with E-state index < -0.39 is 5.91 Å². The van der Waals surface area contributed by atoms with E-state index in [-0.39, 0.29) is 23.3 Å². The van der Waals surface area contributed by atoms with Crippen LogP contribution in [0.3, 0.4) is 0 Å². The molecule has 0 saturated carbocycles. The summed E-state index contributed by atoms with van der Waals surface area (Å²) in [6.45, 7) is 2.84. The minimum Gasteiger partial charge on any atom is -0.337 e. The first-order valence-electron chi connectivity index (χ1n) is 9.48. The topological polar surface area (TPSA) is 95.8 Å². The smallest absolute Gasteiger partial charge is 0.292 e. The van der Waals surface area contributed by atoms with Gasteiger partial charge in [0.25, 0.3) is 11.8 Å². The van der Waals surface area contributed by atoms with Crippen molar-refractivity contribution in [2.75, 3.05) is 23.7 Å². The fraction of sp³-hybridized carbons (Fsp3) is 0.238. The summed E-state index contributed by atoms with van der Waals surface area (Å²) in [5.74, 6) is -0.657. The highest BCUT2D eigenvalue weighted by atomic mass is 16.2. The van der Waals surface area contributed by atoms with Crippen LogP contribution in [0.25, 0.3) is 5.52 Å². The third-order valence-electron chi connectivity index (χ3n) is 4.79. The van der Waals surface area contributed by atoms with Gasteiger partial charge < -0.3 is 15.5 Å². The summed E-state index contributed by atoms with van der Waals surface area (Å²) in [4.78, 5) is 43.2. The van der Waals surface area contributed by atoms with Gasteiger partial charge in [0.2, 0.25) is 11.7 Å². The Hall–Kier alpha value is -3.68. The Labute approximate surface area is 167 Å². The lowest BCUT2D eigenvalue weighted by Gasteiger charge is -2.13. The zero-order chi connectivity index (χ0) is 20.4. The molecule has 1 aromatic carbocycles. The second kappa shape index (κ2) is 7.75. The lowest BCUT2D eigenvalue weighted by molar-refractivity contribution is -0.114. The summed E-state index contributed by atoms with van der Waals surface area (Å²) in [6, 6.07) is 12.2. The van der Waals surface area contributed by atoms with Gasteiger partial charge in [0.05, 0.1) is 5.52 Å². The van der Waals surface area contributed by atoms with Crippen LogP contribution in [0, 0.1) is 0 Å². The summed E-state index contributed by atoms with van der Waals surface area (Å²) < 4.78 is 1.62. The number of amides is 3. The summed E-state index contributed by atoms with van der Waals surface area (Å²) in [7, 11) is 0. The normalized spacial score (nSPS) is 13.5. The van der Waals surface area contributed by atoms with E-state index in [4.69, 9.17) is 0 Å². The fourth-order valence-electron chi connectivity index (χ4n) is 3.49. The molecule has 3 heterocycles. The molecule has 0 radical (unpaired) electrons. The molecule has 2 N–H and O–H groups in total. The summed E-state index contributed by atoms with van der Waals surface area (Å²) in [6.07, 6.45) is 3.68. The minimum absolute atomic E-state index is 0.132. The Kier molecular flexibility index (Phi) is 4.99. The van der Waals surface area contributed by atoms with E-state index >= 15 is 0 Å². The van der Waals surface area contributed by atoms with Crippen molar-refractivity contribution in [1.82, 2.24) is 14.3 Å². The first kappa shape index (κ1) is 18.7. The lowest BCUT2D eigenvalue weighted by Crippen LogP contribution is -2.28. The number of pyridine rings is 1. The molecule has 2 aromatic heterocycles. The SMILES string of the molecule is CC(=O)Nc1cccc(NC(=O)c2nc(C(=O)N3CCCC3)c3ccccn23)c1. The predicted octanol–water partition coefficient (Wildman–Crippen LogP) is 2.78. The number of anilines is 2. The molecule has 0 bridgehead atoms. The number of rotatable bonds is 4. The van der Waals surface area contributed by atoms with Crippen LogP contribution in [0.5, 0.6) is 0 Å². The number of benzene rings is 1. The van der Waals surface area contributed by atoms with E-state index in [2.05, 4.69) is 15.6 Å². The molecule has 0 aliphatic carbocycles. The number of hydrogen-bond donors (Lipinski definition) is 2. The fourth-order valence-corrected chi connectivity index (χ4v) is 3.49. The molecule has 3 amide bonds. The van der Waals surface area contributed by atoms with E-state index in [0.717, 1.165) is 12.8 Å². The molecule has 8 heteroatoms. The van der Waals surface area contributed by atoms with Crippen molar-refractivity contribution < 1.29 is 14.4 Å². The molecular weight excluding hydrogens is 370 g/mol. The number of carbonyl (C=O) groups is 3. The standard InChI is InChI=1S/C21H21N5O3/c1-14(27)22-15-7-6-8-16(13-15)23-20(28)19-24-18(17-9-2-3-12-26(17)19)21(29)25-10-4-5-11-25/h2-3,6-9,12-13H,4-5,10-11H2,1H3,(H,22,27)(H,23,28). The molecule has 1 saturated heterocycles. The van der Waals surface area contributed by atoms with Crippen LogP contribution in [0.1, 0.15) is 40.9 Å². The Balaban J connectivity index is 1.64. The van der Waals surface area contributed by atoms with Crippen molar-refractivity contribution in [1.29, 1.82) is 0 Å². The van der Waals surface area contributed by atoms with E-state index in [1.807, 2.05) is 6.07 Å². The third-order valence-corrected chi connectivity index (χ3v) is 4.79. The minimum atomic E-state index is -0.438. The first-order valence-corrected chi connectivity index (χ1v) is 9.48. The second-order valence-corrected chi connectivity index (χ2v) is 6.96. The molecule has 3 aromatic rings. The highest BCUT2D eigenvalue weighted by Crippen LogP contribution is 2.20. The van der Waals surface area contributed by atoms with Crippen LogP contribution < -0.4 is 10.6 Å². The summed E-state index contributed by atoms with van der Waals surface area (Å²) in [5, 5.41) is 5.46. The summed E-state index contributed by atoms with van der Waals surface area (Å²) >= 11 is 0. The quantitative estimate of drug-likeness (QED) is 0.715. The number of carbonyl (C=O) groups excluding carboxylic acids is 3. The van der Waals surface area contributed by atoms with E-state index in [1.54, 1.807) is 51.9 Å². The maximum atomic E-state index is 12.9. The zero-order valence-electron chi connectivity index (χ0n) is 16.0. The summed E-state index contributed by atoms with van der Waals surface area (Å²) in [5.41, 5.74) is 1.97. The van der Waals surface area contributed by atoms with Crippen molar-refractivity contribution in [2.24, 2.45) is 0 Å². The van der Waals surface area contributed by atoms with Crippen molar-refractivity contribution in [2.45, 2.75) is 19.8 Å². The van der Waals surface area contributed by atoms with Crippen LogP contribution >= 0.6 is 0 Å². The maximum absolute atomic E-state index is 12.9. The monoisotopic (exact) mass is 391 g/mol. The molecule has 148 valence electrons. The Bertz CT molecular complexity index is 1100. The van der Waals surface area contributed by atoms with Crippen molar-refractivity contribution in [3.8, 4) is 0 Å². The van der Waals surface area contributed by atoms with Crippen LogP contribution in [0.4, 0.5) is 11.4 Å². The van der Waals surface area contributed by atoms with Crippen molar-refractivity contribution in [3.63, 3.8) is 0 Å². The maximum Gasteiger partial charge on any atom is 0.292 e. The van der Waals surface area contributed by atoms with Gasteiger partial charge in [-0.2, -0.15) is 0 Å². The molecular formula is C21H21N5O3. The van der Waals surface area contributed by atoms with Crippen LogP contribution in [-0.2, 0) is 4.79 Å². The highest BCUT2D eigenvalue weighted by Gasteiger charge is 2.26. The number of imidazole rings is 1. The van der Waals surface area contributed by atoms with Crippen LogP contribution in [0.15, 0.2) is 48.7 Å². The van der Waals surface area contributed by atoms with Crippen LogP contribution in [0.2, 0.25) is 0 Å². The van der Waals surface area contributed by atoms with Gasteiger partial charge in [-0.25, -0.2) is 4.98 Å². The molecule has 0 atom stereocenters. The Morgan fingerprint density at radius 1 is 0.966 bits per heavy atom. The number of nitrogens with zero attached hydrogens (tertiary/aromatic N) is 3. The number of aromatic nitrogens is 2. The Morgan fingerprint density at radius 2 is 1.69 bits per heavy atom. The van der Waals surface area contributed by atoms with Crippen LogP contribution in [-0.4, -0.2) is 45.1 Å². The molecule has 4 rings (SSSR count). The van der Waals surface area contributed by atoms with Gasteiger partial charge in [0.1, 0.15) is 0 Å². The van der Waals surface area contributed by atoms with E-state index in [0.29, 0.717) is 30.0 Å². The molecule has 1 aliphatic heterocycles. The van der Waals surface area contributed by atoms with Gasteiger partial charge >= 0.3 is 0 Å². The largest absolute Gasteiger partial charge is 0.337 e. The predicted molar refractivity (Wildman–Crippen MR) is 109 cm³/mol. The number of nitrogens with one attached hydrogen (secondary N) is 2. The average Bonchev–Trinajstić information content (AvgIpc) is 3.36. The Morgan fingerprint density at radius 3 is 2.41 bits per heavy atom. The molecule has 29 heavy (non-hydrogen) atoms. The molecule has 0 spiro atoms.